The third-order valence-electron chi connectivity index (χ3n) is 1.63. The van der Waals surface area contributed by atoms with Gasteiger partial charge in [0.15, 0.2) is 5.78 Å². The van der Waals surface area contributed by atoms with E-state index in [0.717, 1.165) is 5.56 Å². The molecule has 3 nitrogen and oxygen atoms in total. The quantitative estimate of drug-likeness (QED) is 0.537. The summed E-state index contributed by atoms with van der Waals surface area (Å²) >= 11 is 0. The molecular formula is C11H12O3. The Balaban J connectivity index is 2.38. The lowest BCUT2D eigenvalue weighted by atomic mass is 10.2. The second-order valence-corrected chi connectivity index (χ2v) is 3.03. The van der Waals surface area contributed by atoms with Gasteiger partial charge in [-0.3, -0.25) is 9.59 Å². The van der Waals surface area contributed by atoms with E-state index in [2.05, 4.69) is 0 Å². The van der Waals surface area contributed by atoms with Crippen molar-refractivity contribution in [3.8, 4) is 0 Å². The predicted molar refractivity (Wildman–Crippen MR) is 51.8 cm³/mol. The number of benzene rings is 1. The Morgan fingerprint density at radius 1 is 1.36 bits per heavy atom. The van der Waals surface area contributed by atoms with Crippen LogP contribution < -0.4 is 0 Å². The number of Topliss-reactive ketones (excluding diaryl/α,β-unsaturated/α-hetero) is 1. The Morgan fingerprint density at radius 2 is 2.00 bits per heavy atom. The van der Waals surface area contributed by atoms with Crippen molar-refractivity contribution in [1.82, 2.24) is 0 Å². The van der Waals surface area contributed by atoms with Gasteiger partial charge in [0, 0.05) is 0 Å². The molecule has 0 fully saturated rings. The molecule has 1 aromatic carbocycles. The first-order valence-corrected chi connectivity index (χ1v) is 4.37. The lowest BCUT2D eigenvalue weighted by Gasteiger charge is -2.01. The largest absolute Gasteiger partial charge is 0.457 e. The average molecular weight is 194 g/mol. The molecule has 0 atom stereocenters. The Hall–Kier alpha value is -1.64. The van der Waals surface area contributed by atoms with Gasteiger partial charge in [0.1, 0.15) is 6.61 Å². The molecule has 0 radical (unpaired) electrons. The summed E-state index contributed by atoms with van der Waals surface area (Å²) in [5.74, 6) is -0.516. The van der Waals surface area contributed by atoms with E-state index < -0.39 is 0 Å². The highest BCUT2D eigenvalue weighted by atomic mass is 18.1. The monoisotopic (exact) mass is 194 g/mol. The van der Waals surface area contributed by atoms with Gasteiger partial charge in [0.05, 0.1) is 6.42 Å². The Kier molecular flexibility index (Phi) is 3.85. The van der Waals surface area contributed by atoms with E-state index in [9.17, 15) is 9.59 Å². The van der Waals surface area contributed by atoms with Crippen molar-refractivity contribution in [2.75, 3.05) is 6.61 Å². The van der Waals surface area contributed by atoms with Crippen LogP contribution in [0.5, 0.6) is 0 Å². The maximum atomic E-state index is 11.1. The average Bonchev–Trinajstić information content (AvgIpc) is 2.16. The maximum Gasteiger partial charge on any atom is 0.310 e. The zero-order valence-electron chi connectivity index (χ0n) is 8.03. The van der Waals surface area contributed by atoms with Gasteiger partial charge in [0.25, 0.3) is 0 Å². The van der Waals surface area contributed by atoms with Crippen LogP contribution in [0.3, 0.4) is 0 Å². The summed E-state index contributed by atoms with van der Waals surface area (Å²) in [4.78, 5) is 21.7. The molecule has 0 aromatic heterocycles. The molecule has 0 bridgehead atoms. The topological polar surface area (TPSA) is 43.4 Å². The molecule has 0 aliphatic heterocycles. The summed E-state index contributed by atoms with van der Waals surface area (Å²) in [6, 6.07) is 9.27. The smallest absolute Gasteiger partial charge is 0.310 e. The van der Waals surface area contributed by atoms with Crippen molar-refractivity contribution in [1.29, 1.82) is 0 Å². The minimum absolute atomic E-state index is 0.133. The molecule has 1 rings (SSSR count). The predicted octanol–water partition coefficient (Wildman–Crippen LogP) is 1.36. The second-order valence-electron chi connectivity index (χ2n) is 3.03. The fourth-order valence-corrected chi connectivity index (χ4v) is 0.996. The molecule has 0 heterocycles. The third kappa shape index (κ3) is 3.85. The van der Waals surface area contributed by atoms with E-state index >= 15 is 0 Å². The molecule has 0 aliphatic rings. The van der Waals surface area contributed by atoms with Gasteiger partial charge in [-0.05, 0) is 12.5 Å². The van der Waals surface area contributed by atoms with Gasteiger partial charge >= 0.3 is 5.97 Å². The summed E-state index contributed by atoms with van der Waals surface area (Å²) in [7, 11) is 0. The number of carbonyl (C=O) groups excluding carboxylic acids is 2. The van der Waals surface area contributed by atoms with Crippen LogP contribution in [-0.4, -0.2) is 18.4 Å². The minimum atomic E-state index is -0.369. The van der Waals surface area contributed by atoms with Crippen molar-refractivity contribution < 1.29 is 14.3 Å². The van der Waals surface area contributed by atoms with Crippen molar-refractivity contribution >= 4 is 11.8 Å². The summed E-state index contributed by atoms with van der Waals surface area (Å²) in [5.41, 5.74) is 0.890. The highest BCUT2D eigenvalue weighted by molar-refractivity contribution is 5.80. The number of carbonyl (C=O) groups is 2. The highest BCUT2D eigenvalue weighted by Gasteiger charge is 2.04. The first-order chi connectivity index (χ1) is 6.68. The zero-order chi connectivity index (χ0) is 10.4. The van der Waals surface area contributed by atoms with Crippen molar-refractivity contribution in [3.05, 3.63) is 35.9 Å². The summed E-state index contributed by atoms with van der Waals surface area (Å²) in [6.45, 7) is 1.25. The van der Waals surface area contributed by atoms with E-state index in [1.54, 1.807) is 0 Å². The van der Waals surface area contributed by atoms with Crippen LogP contribution in [0.2, 0.25) is 0 Å². The second kappa shape index (κ2) is 5.17. The van der Waals surface area contributed by atoms with Crippen LogP contribution in [0.4, 0.5) is 0 Å². The van der Waals surface area contributed by atoms with E-state index in [0.29, 0.717) is 0 Å². The van der Waals surface area contributed by atoms with E-state index in [1.807, 2.05) is 30.3 Å². The van der Waals surface area contributed by atoms with E-state index in [1.165, 1.54) is 6.92 Å². The number of ketones is 1. The molecule has 74 valence electrons. The van der Waals surface area contributed by atoms with Gasteiger partial charge in [-0.15, -0.1) is 0 Å². The zero-order valence-corrected chi connectivity index (χ0v) is 8.03. The minimum Gasteiger partial charge on any atom is -0.457 e. The van der Waals surface area contributed by atoms with E-state index in [4.69, 9.17) is 4.74 Å². The Morgan fingerprint density at radius 3 is 2.57 bits per heavy atom. The molecule has 0 saturated heterocycles. The maximum absolute atomic E-state index is 11.1. The molecule has 3 heteroatoms. The lowest BCUT2D eigenvalue weighted by Crippen LogP contribution is -2.13. The summed E-state index contributed by atoms with van der Waals surface area (Å²) < 4.78 is 4.72. The normalized spacial score (nSPS) is 9.50. The van der Waals surface area contributed by atoms with Gasteiger partial charge in [-0.2, -0.15) is 0 Å². The first kappa shape index (κ1) is 10.4. The van der Waals surface area contributed by atoms with Crippen LogP contribution in [0.15, 0.2) is 30.3 Å². The van der Waals surface area contributed by atoms with Crippen LogP contribution in [0.25, 0.3) is 0 Å². The van der Waals surface area contributed by atoms with Crippen LogP contribution >= 0.6 is 0 Å². The highest BCUT2D eigenvalue weighted by Crippen LogP contribution is 2.00. The van der Waals surface area contributed by atoms with Crippen LogP contribution in [0, 0.1) is 0 Å². The standard InChI is InChI=1S/C11H12O3/c1-9(12)8-14-11(13)7-10-5-3-2-4-6-10/h2-6H,7-8H2,1H3/i13+2. The summed E-state index contributed by atoms with van der Waals surface area (Å²) in [6.07, 6.45) is 0.216. The molecule has 0 saturated carbocycles. The third-order valence-corrected chi connectivity index (χ3v) is 1.63. The SMILES string of the molecule is CC(=O)COC(=[18O])Cc1ccccc1. The first-order valence-electron chi connectivity index (χ1n) is 4.37. The molecule has 0 spiro atoms. The molecular weight excluding hydrogens is 182 g/mol. The number of rotatable bonds is 4. The lowest BCUT2D eigenvalue weighted by molar-refractivity contribution is -0.146. The van der Waals surface area contributed by atoms with Crippen molar-refractivity contribution in [2.24, 2.45) is 0 Å². The fourth-order valence-electron chi connectivity index (χ4n) is 0.996. The molecule has 0 N–H and O–H groups in total. The number of ether oxygens (including phenoxy) is 1. The van der Waals surface area contributed by atoms with Crippen molar-refractivity contribution in [2.45, 2.75) is 13.3 Å². The molecule has 1 aromatic rings. The Labute approximate surface area is 82.7 Å². The number of hydrogen-bond acceptors (Lipinski definition) is 3. The van der Waals surface area contributed by atoms with Gasteiger partial charge in [0.2, 0.25) is 0 Å². The molecule has 14 heavy (non-hydrogen) atoms. The molecule has 0 unspecified atom stereocenters. The van der Waals surface area contributed by atoms with Crippen LogP contribution in [0.1, 0.15) is 12.5 Å². The van der Waals surface area contributed by atoms with Gasteiger partial charge in [-0.1, -0.05) is 30.3 Å². The van der Waals surface area contributed by atoms with Gasteiger partial charge in [-0.25, -0.2) is 0 Å². The van der Waals surface area contributed by atoms with Crippen LogP contribution in [-0.2, 0) is 20.7 Å². The fraction of sp³-hybridized carbons (Fsp3) is 0.273. The number of hydrogen-bond donors (Lipinski definition) is 0. The molecule has 0 aliphatic carbocycles. The van der Waals surface area contributed by atoms with Gasteiger partial charge < -0.3 is 4.74 Å². The van der Waals surface area contributed by atoms with E-state index in [-0.39, 0.29) is 24.8 Å². The Bertz CT molecular complexity index is 317. The molecule has 0 amide bonds. The number of esters is 1. The van der Waals surface area contributed by atoms with Crippen molar-refractivity contribution in [3.63, 3.8) is 0 Å². The summed E-state index contributed by atoms with van der Waals surface area (Å²) in [5, 5.41) is 0.